The zero-order valence-electron chi connectivity index (χ0n) is 13.4. The maximum absolute atomic E-state index is 12.3. The first-order valence-corrected chi connectivity index (χ1v) is 9.45. The molecular weight excluding hydrogens is 360 g/mol. The van der Waals surface area contributed by atoms with Crippen LogP contribution in [0.3, 0.4) is 0 Å². The summed E-state index contributed by atoms with van der Waals surface area (Å²) in [5.41, 5.74) is 1.09. The highest BCUT2D eigenvalue weighted by atomic mass is 32.2. The molecule has 0 radical (unpaired) electrons. The van der Waals surface area contributed by atoms with E-state index in [4.69, 9.17) is 4.74 Å². The minimum atomic E-state index is -0.513. The number of fused-ring (bicyclic) bond motifs is 1. The van der Waals surface area contributed by atoms with Gasteiger partial charge >= 0.3 is 5.97 Å². The summed E-state index contributed by atoms with van der Waals surface area (Å²) in [5, 5.41) is 7.15. The Labute approximate surface area is 152 Å². The van der Waals surface area contributed by atoms with Crippen molar-refractivity contribution in [2.45, 2.75) is 23.5 Å². The third-order valence-corrected chi connectivity index (χ3v) is 5.60. The van der Waals surface area contributed by atoms with Gasteiger partial charge in [-0.3, -0.25) is 9.59 Å². The first-order chi connectivity index (χ1) is 12.1. The van der Waals surface area contributed by atoms with Crippen LogP contribution in [-0.4, -0.2) is 29.6 Å². The highest BCUT2D eigenvalue weighted by Crippen LogP contribution is 2.36. The molecule has 1 aliphatic rings. The van der Waals surface area contributed by atoms with Crippen LogP contribution < -0.4 is 10.6 Å². The van der Waals surface area contributed by atoms with Gasteiger partial charge < -0.3 is 15.4 Å². The SMILES string of the molecule is CCOC(=O)c1ccsc1NC(=O)C[C@@H]1Sc2ccccc2NC1=O. The second kappa shape index (κ2) is 7.71. The summed E-state index contributed by atoms with van der Waals surface area (Å²) in [7, 11) is 0. The molecule has 2 aromatic rings. The van der Waals surface area contributed by atoms with Crippen molar-refractivity contribution in [3.8, 4) is 0 Å². The van der Waals surface area contributed by atoms with Crippen LogP contribution in [0.4, 0.5) is 10.7 Å². The van der Waals surface area contributed by atoms with E-state index in [1.54, 1.807) is 18.4 Å². The summed E-state index contributed by atoms with van der Waals surface area (Å²) < 4.78 is 4.96. The number of para-hydroxylation sites is 1. The lowest BCUT2D eigenvalue weighted by Gasteiger charge is -2.23. The molecule has 2 N–H and O–H groups in total. The van der Waals surface area contributed by atoms with Crippen molar-refractivity contribution in [1.29, 1.82) is 0 Å². The van der Waals surface area contributed by atoms with E-state index in [-0.39, 0.29) is 24.8 Å². The lowest BCUT2D eigenvalue weighted by molar-refractivity contribution is -0.120. The number of anilines is 2. The number of ether oxygens (including phenoxy) is 1. The number of carbonyl (C=O) groups excluding carboxylic acids is 3. The van der Waals surface area contributed by atoms with Crippen LogP contribution in [-0.2, 0) is 14.3 Å². The van der Waals surface area contributed by atoms with E-state index < -0.39 is 11.2 Å². The smallest absolute Gasteiger partial charge is 0.341 e. The minimum absolute atomic E-state index is 0.0188. The van der Waals surface area contributed by atoms with Gasteiger partial charge in [0.1, 0.15) is 5.00 Å². The fourth-order valence-electron chi connectivity index (χ4n) is 2.35. The molecule has 8 heteroatoms. The molecule has 2 amide bonds. The van der Waals surface area contributed by atoms with Crippen LogP contribution >= 0.6 is 23.1 Å². The van der Waals surface area contributed by atoms with Crippen molar-refractivity contribution in [2.75, 3.05) is 17.2 Å². The monoisotopic (exact) mass is 376 g/mol. The maximum Gasteiger partial charge on any atom is 0.341 e. The molecule has 0 saturated heterocycles. The fourth-order valence-corrected chi connectivity index (χ4v) is 4.25. The summed E-state index contributed by atoms with van der Waals surface area (Å²) in [5.74, 6) is -0.992. The fraction of sp³-hybridized carbons (Fsp3) is 0.235. The van der Waals surface area contributed by atoms with E-state index in [0.29, 0.717) is 10.6 Å². The topological polar surface area (TPSA) is 84.5 Å². The number of thiophene rings is 1. The summed E-state index contributed by atoms with van der Waals surface area (Å²) in [6.45, 7) is 1.99. The quantitative estimate of drug-likeness (QED) is 0.782. The van der Waals surface area contributed by atoms with Gasteiger partial charge in [0.25, 0.3) is 0 Å². The Morgan fingerprint density at radius 3 is 2.88 bits per heavy atom. The second-order valence-corrected chi connectivity index (χ2v) is 7.39. The maximum atomic E-state index is 12.3. The van der Waals surface area contributed by atoms with E-state index >= 15 is 0 Å². The summed E-state index contributed by atoms with van der Waals surface area (Å²) in [4.78, 5) is 37.3. The van der Waals surface area contributed by atoms with Crippen LogP contribution in [0.15, 0.2) is 40.6 Å². The number of carbonyl (C=O) groups is 3. The third kappa shape index (κ3) is 4.02. The Morgan fingerprint density at radius 1 is 1.28 bits per heavy atom. The first kappa shape index (κ1) is 17.5. The molecule has 25 heavy (non-hydrogen) atoms. The van der Waals surface area contributed by atoms with Crippen LogP contribution in [0.1, 0.15) is 23.7 Å². The van der Waals surface area contributed by atoms with E-state index in [2.05, 4.69) is 10.6 Å². The molecule has 6 nitrogen and oxygen atoms in total. The lowest BCUT2D eigenvalue weighted by Crippen LogP contribution is -2.32. The molecule has 0 saturated carbocycles. The van der Waals surface area contributed by atoms with Gasteiger partial charge in [0.15, 0.2) is 0 Å². The van der Waals surface area contributed by atoms with Gasteiger partial charge in [-0.2, -0.15) is 0 Å². The molecular formula is C17H16N2O4S2. The molecule has 1 aromatic carbocycles. The van der Waals surface area contributed by atoms with Gasteiger partial charge in [-0.15, -0.1) is 23.1 Å². The van der Waals surface area contributed by atoms with Crippen molar-refractivity contribution < 1.29 is 19.1 Å². The number of esters is 1. The standard InChI is InChI=1S/C17H16N2O4S2/c1-2-23-17(22)10-7-8-24-16(10)19-14(20)9-13-15(21)18-11-5-3-4-6-12(11)25-13/h3-8,13H,2,9H2,1H3,(H,18,21)(H,19,20)/t13-/m0/s1. The van der Waals surface area contributed by atoms with Gasteiger partial charge in [0.2, 0.25) is 11.8 Å². The van der Waals surface area contributed by atoms with Gasteiger partial charge in [0.05, 0.1) is 23.1 Å². The number of amides is 2. The second-order valence-electron chi connectivity index (χ2n) is 5.23. The molecule has 1 aliphatic heterocycles. The molecule has 0 spiro atoms. The minimum Gasteiger partial charge on any atom is -0.462 e. The molecule has 0 bridgehead atoms. The largest absolute Gasteiger partial charge is 0.462 e. The van der Waals surface area contributed by atoms with E-state index in [0.717, 1.165) is 10.6 Å². The Hall–Kier alpha value is -2.32. The normalized spacial score (nSPS) is 15.9. The summed E-state index contributed by atoms with van der Waals surface area (Å²) in [6.07, 6.45) is 0.0188. The van der Waals surface area contributed by atoms with Gasteiger partial charge in [0, 0.05) is 11.3 Å². The molecule has 0 fully saturated rings. The van der Waals surface area contributed by atoms with Crippen molar-refractivity contribution in [3.05, 3.63) is 41.3 Å². The summed E-state index contributed by atoms with van der Waals surface area (Å²) in [6, 6.07) is 9.07. The Balaban J connectivity index is 1.65. The van der Waals surface area contributed by atoms with Crippen molar-refractivity contribution in [1.82, 2.24) is 0 Å². The zero-order valence-corrected chi connectivity index (χ0v) is 15.0. The van der Waals surface area contributed by atoms with E-state index in [1.165, 1.54) is 23.1 Å². The molecule has 2 heterocycles. The molecule has 1 aromatic heterocycles. The predicted molar refractivity (Wildman–Crippen MR) is 98.2 cm³/mol. The highest BCUT2D eigenvalue weighted by Gasteiger charge is 2.29. The number of nitrogens with one attached hydrogen (secondary N) is 2. The Bertz CT molecular complexity index is 818. The lowest BCUT2D eigenvalue weighted by atomic mass is 10.2. The number of thioether (sulfide) groups is 1. The molecule has 3 rings (SSSR count). The van der Waals surface area contributed by atoms with Crippen molar-refractivity contribution >= 4 is 51.6 Å². The van der Waals surface area contributed by atoms with Gasteiger partial charge in [-0.25, -0.2) is 4.79 Å². The van der Waals surface area contributed by atoms with Crippen LogP contribution in [0, 0.1) is 0 Å². The van der Waals surface area contributed by atoms with E-state index in [9.17, 15) is 14.4 Å². The molecule has 0 unspecified atom stereocenters. The number of hydrogen-bond donors (Lipinski definition) is 2. The van der Waals surface area contributed by atoms with Crippen LogP contribution in [0.2, 0.25) is 0 Å². The molecule has 0 aliphatic carbocycles. The average Bonchev–Trinajstić information content (AvgIpc) is 3.04. The number of benzene rings is 1. The Morgan fingerprint density at radius 2 is 2.08 bits per heavy atom. The van der Waals surface area contributed by atoms with Gasteiger partial charge in [-0.05, 0) is 30.5 Å². The van der Waals surface area contributed by atoms with Crippen LogP contribution in [0.5, 0.6) is 0 Å². The Kier molecular flexibility index (Phi) is 5.40. The highest BCUT2D eigenvalue weighted by molar-refractivity contribution is 8.01. The average molecular weight is 376 g/mol. The summed E-state index contributed by atoms with van der Waals surface area (Å²) >= 11 is 2.61. The molecule has 130 valence electrons. The van der Waals surface area contributed by atoms with Crippen molar-refractivity contribution in [2.24, 2.45) is 0 Å². The predicted octanol–water partition coefficient (Wildman–Crippen LogP) is 3.37. The first-order valence-electron chi connectivity index (χ1n) is 7.69. The third-order valence-electron chi connectivity index (χ3n) is 3.49. The van der Waals surface area contributed by atoms with Crippen LogP contribution in [0.25, 0.3) is 0 Å². The number of hydrogen-bond acceptors (Lipinski definition) is 6. The van der Waals surface area contributed by atoms with Gasteiger partial charge in [-0.1, -0.05) is 12.1 Å². The number of rotatable bonds is 5. The van der Waals surface area contributed by atoms with Crippen molar-refractivity contribution in [3.63, 3.8) is 0 Å². The van der Waals surface area contributed by atoms with E-state index in [1.807, 2.05) is 24.3 Å². The molecule has 1 atom stereocenters. The zero-order chi connectivity index (χ0) is 17.8.